The van der Waals surface area contributed by atoms with Gasteiger partial charge in [-0.3, -0.25) is 9.69 Å². The molecule has 1 saturated heterocycles. The van der Waals surface area contributed by atoms with Gasteiger partial charge in [-0.15, -0.1) is 0 Å². The Balaban J connectivity index is 1.50. The summed E-state index contributed by atoms with van der Waals surface area (Å²) in [6, 6.07) is 10.9. The summed E-state index contributed by atoms with van der Waals surface area (Å²) < 4.78 is 11.0. The maximum atomic E-state index is 12.1. The monoisotopic (exact) mass is 348 g/mol. The van der Waals surface area contributed by atoms with Gasteiger partial charge in [-0.1, -0.05) is 11.6 Å². The SMILES string of the molecule is O=C(COc1ccc(Cl)cc1)NC[C@@H](c1ccco1)N1CCCC1. The lowest BCUT2D eigenvalue weighted by Gasteiger charge is -2.26. The minimum Gasteiger partial charge on any atom is -0.484 e. The van der Waals surface area contributed by atoms with Gasteiger partial charge in [0.1, 0.15) is 11.5 Å². The van der Waals surface area contributed by atoms with Crippen LogP contribution in [0.15, 0.2) is 47.1 Å². The smallest absolute Gasteiger partial charge is 0.258 e. The van der Waals surface area contributed by atoms with Crippen molar-refractivity contribution in [3.63, 3.8) is 0 Å². The van der Waals surface area contributed by atoms with E-state index in [-0.39, 0.29) is 18.6 Å². The number of hydrogen-bond donors (Lipinski definition) is 1. The number of benzene rings is 1. The van der Waals surface area contributed by atoms with Gasteiger partial charge in [0.15, 0.2) is 6.61 Å². The number of nitrogens with one attached hydrogen (secondary N) is 1. The Hall–Kier alpha value is -1.98. The molecule has 24 heavy (non-hydrogen) atoms. The van der Waals surface area contributed by atoms with Gasteiger partial charge in [-0.2, -0.15) is 0 Å². The number of carbonyl (C=O) groups excluding carboxylic acids is 1. The predicted molar refractivity (Wildman–Crippen MR) is 92.2 cm³/mol. The summed E-state index contributed by atoms with van der Waals surface area (Å²) in [7, 11) is 0. The number of carbonyl (C=O) groups is 1. The van der Waals surface area contributed by atoms with Crippen LogP contribution in [-0.2, 0) is 4.79 Å². The molecular formula is C18H21ClN2O3. The Labute approximate surface area is 146 Å². The molecule has 1 aromatic carbocycles. The molecule has 1 atom stereocenters. The van der Waals surface area contributed by atoms with E-state index in [0.29, 0.717) is 17.3 Å². The normalized spacial score (nSPS) is 16.0. The van der Waals surface area contributed by atoms with E-state index in [1.54, 1.807) is 30.5 Å². The topological polar surface area (TPSA) is 54.7 Å². The van der Waals surface area contributed by atoms with E-state index < -0.39 is 0 Å². The average molecular weight is 349 g/mol. The lowest BCUT2D eigenvalue weighted by atomic mass is 10.2. The van der Waals surface area contributed by atoms with E-state index in [4.69, 9.17) is 20.8 Å². The van der Waals surface area contributed by atoms with Crippen molar-refractivity contribution >= 4 is 17.5 Å². The van der Waals surface area contributed by atoms with Gasteiger partial charge in [0, 0.05) is 11.6 Å². The fourth-order valence-corrected chi connectivity index (χ4v) is 3.01. The molecule has 0 radical (unpaired) electrons. The summed E-state index contributed by atoms with van der Waals surface area (Å²) in [6.07, 6.45) is 4.04. The van der Waals surface area contributed by atoms with Crippen LogP contribution in [-0.4, -0.2) is 37.0 Å². The van der Waals surface area contributed by atoms with E-state index in [1.807, 2.05) is 12.1 Å². The fraction of sp³-hybridized carbons (Fsp3) is 0.389. The highest BCUT2D eigenvalue weighted by molar-refractivity contribution is 6.30. The third-order valence-electron chi connectivity index (χ3n) is 4.13. The highest BCUT2D eigenvalue weighted by atomic mass is 35.5. The standard InChI is InChI=1S/C18H21ClN2O3/c19-14-5-7-15(8-6-14)24-13-18(22)20-12-16(17-4-3-11-23-17)21-9-1-2-10-21/h3-8,11,16H,1-2,9-10,12-13H2,(H,20,22)/t16-/m0/s1. The second-order valence-electron chi connectivity index (χ2n) is 5.82. The van der Waals surface area contributed by atoms with Gasteiger partial charge in [-0.05, 0) is 62.3 Å². The summed E-state index contributed by atoms with van der Waals surface area (Å²) >= 11 is 5.82. The van der Waals surface area contributed by atoms with E-state index in [1.165, 1.54) is 12.8 Å². The van der Waals surface area contributed by atoms with Gasteiger partial charge in [0.2, 0.25) is 0 Å². The third-order valence-corrected chi connectivity index (χ3v) is 4.38. The van der Waals surface area contributed by atoms with E-state index >= 15 is 0 Å². The largest absolute Gasteiger partial charge is 0.484 e. The number of furan rings is 1. The first-order valence-corrected chi connectivity index (χ1v) is 8.53. The Morgan fingerprint density at radius 3 is 2.67 bits per heavy atom. The van der Waals surface area contributed by atoms with E-state index in [0.717, 1.165) is 18.8 Å². The van der Waals surface area contributed by atoms with Crippen molar-refractivity contribution in [2.75, 3.05) is 26.2 Å². The number of likely N-dealkylation sites (tertiary alicyclic amines) is 1. The van der Waals surface area contributed by atoms with Crippen molar-refractivity contribution in [3.8, 4) is 5.75 Å². The number of hydrogen-bond acceptors (Lipinski definition) is 4. The van der Waals surface area contributed by atoms with E-state index in [9.17, 15) is 4.79 Å². The van der Waals surface area contributed by atoms with Gasteiger partial charge in [0.05, 0.1) is 12.3 Å². The van der Waals surface area contributed by atoms with Crippen LogP contribution in [0.5, 0.6) is 5.75 Å². The van der Waals surface area contributed by atoms with Gasteiger partial charge in [0.25, 0.3) is 5.91 Å². The van der Waals surface area contributed by atoms with Crippen LogP contribution in [0, 0.1) is 0 Å². The first-order valence-electron chi connectivity index (χ1n) is 8.15. The summed E-state index contributed by atoms with van der Waals surface area (Å²) in [4.78, 5) is 14.4. The highest BCUT2D eigenvalue weighted by Gasteiger charge is 2.25. The zero-order valence-corrected chi connectivity index (χ0v) is 14.2. The maximum Gasteiger partial charge on any atom is 0.258 e. The molecule has 5 nitrogen and oxygen atoms in total. The molecule has 2 aromatic rings. The van der Waals surface area contributed by atoms with Gasteiger partial charge < -0.3 is 14.5 Å². The Bertz CT molecular complexity index is 637. The van der Waals surface area contributed by atoms with Gasteiger partial charge >= 0.3 is 0 Å². The van der Waals surface area contributed by atoms with Crippen LogP contribution < -0.4 is 10.1 Å². The molecule has 0 bridgehead atoms. The first kappa shape index (κ1) is 16.9. The second kappa shape index (κ2) is 8.22. The molecule has 3 rings (SSSR count). The van der Waals surface area contributed by atoms with Crippen molar-refractivity contribution in [1.29, 1.82) is 0 Å². The van der Waals surface area contributed by atoms with Crippen molar-refractivity contribution in [3.05, 3.63) is 53.4 Å². The van der Waals surface area contributed by atoms with Crippen LogP contribution in [0.3, 0.4) is 0 Å². The predicted octanol–water partition coefficient (Wildman–Crippen LogP) is 3.27. The molecule has 0 unspecified atom stereocenters. The van der Waals surface area contributed by atoms with Gasteiger partial charge in [-0.25, -0.2) is 0 Å². The minimum atomic E-state index is -0.152. The molecule has 0 aliphatic carbocycles. The number of amides is 1. The molecule has 2 heterocycles. The Kier molecular flexibility index (Phi) is 5.77. The molecule has 6 heteroatoms. The third kappa shape index (κ3) is 4.52. The highest BCUT2D eigenvalue weighted by Crippen LogP contribution is 2.24. The van der Waals surface area contributed by atoms with Crippen molar-refractivity contribution in [2.24, 2.45) is 0 Å². The zero-order valence-electron chi connectivity index (χ0n) is 13.4. The quantitative estimate of drug-likeness (QED) is 0.834. The molecular weight excluding hydrogens is 328 g/mol. The number of ether oxygens (including phenoxy) is 1. The number of nitrogens with zero attached hydrogens (tertiary/aromatic N) is 1. The lowest BCUT2D eigenvalue weighted by Crippen LogP contribution is -2.38. The molecule has 1 aliphatic rings. The maximum absolute atomic E-state index is 12.1. The summed E-state index contributed by atoms with van der Waals surface area (Å²) in [5.41, 5.74) is 0. The summed E-state index contributed by atoms with van der Waals surface area (Å²) in [6.45, 7) is 2.55. The fourth-order valence-electron chi connectivity index (χ4n) is 2.89. The van der Waals surface area contributed by atoms with Crippen LogP contribution >= 0.6 is 11.6 Å². The van der Waals surface area contributed by atoms with Crippen LogP contribution in [0.1, 0.15) is 24.6 Å². The van der Waals surface area contributed by atoms with Crippen LogP contribution in [0.4, 0.5) is 0 Å². The Morgan fingerprint density at radius 2 is 2.00 bits per heavy atom. The molecule has 128 valence electrons. The van der Waals surface area contributed by atoms with Crippen LogP contribution in [0.2, 0.25) is 5.02 Å². The lowest BCUT2D eigenvalue weighted by molar-refractivity contribution is -0.123. The van der Waals surface area contributed by atoms with Crippen molar-refractivity contribution in [2.45, 2.75) is 18.9 Å². The second-order valence-corrected chi connectivity index (χ2v) is 6.26. The molecule has 0 spiro atoms. The summed E-state index contributed by atoms with van der Waals surface area (Å²) in [5.74, 6) is 1.35. The molecule has 1 aromatic heterocycles. The van der Waals surface area contributed by atoms with Crippen molar-refractivity contribution in [1.82, 2.24) is 10.2 Å². The molecule has 1 fully saturated rings. The van der Waals surface area contributed by atoms with Crippen molar-refractivity contribution < 1.29 is 13.9 Å². The Morgan fingerprint density at radius 1 is 1.25 bits per heavy atom. The van der Waals surface area contributed by atoms with Crippen LogP contribution in [0.25, 0.3) is 0 Å². The average Bonchev–Trinajstić information content (AvgIpc) is 3.29. The molecule has 0 saturated carbocycles. The minimum absolute atomic E-state index is 0.0213. The molecule has 1 aliphatic heterocycles. The molecule has 1 N–H and O–H groups in total. The van der Waals surface area contributed by atoms with E-state index in [2.05, 4.69) is 10.2 Å². The number of halogens is 1. The zero-order chi connectivity index (χ0) is 16.8. The first-order chi connectivity index (χ1) is 11.7. The summed E-state index contributed by atoms with van der Waals surface area (Å²) in [5, 5.41) is 3.58. The number of rotatable bonds is 7. The molecule has 1 amide bonds.